The van der Waals surface area contributed by atoms with E-state index in [1.807, 2.05) is 6.07 Å². The van der Waals surface area contributed by atoms with Crippen LogP contribution in [-0.4, -0.2) is 12.6 Å². The smallest absolute Gasteiger partial charge is 0.143 e. The maximum atomic E-state index is 8.75. The van der Waals surface area contributed by atoms with Crippen molar-refractivity contribution in [3.05, 3.63) is 23.8 Å². The number of nitrogens with one attached hydrogen (secondary N) is 1. The van der Waals surface area contributed by atoms with Crippen LogP contribution in [0.25, 0.3) is 0 Å². The zero-order chi connectivity index (χ0) is 10.8. The molecule has 0 spiro atoms. The van der Waals surface area contributed by atoms with E-state index < -0.39 is 0 Å². The van der Waals surface area contributed by atoms with Crippen molar-refractivity contribution in [1.82, 2.24) is 0 Å². The zero-order valence-electron chi connectivity index (χ0n) is 8.95. The van der Waals surface area contributed by atoms with Crippen LogP contribution in [0.1, 0.15) is 19.4 Å². The fourth-order valence-corrected chi connectivity index (χ4v) is 1.61. The van der Waals surface area contributed by atoms with Gasteiger partial charge in [0.1, 0.15) is 12.4 Å². The molecule has 1 N–H and O–H groups in total. The van der Waals surface area contributed by atoms with Crippen LogP contribution in [0.2, 0.25) is 0 Å². The molecule has 0 saturated heterocycles. The Labute approximate surface area is 89.7 Å². The Kier molecular flexibility index (Phi) is 2.51. The number of fused-ring (bicyclic) bond motifs is 1. The van der Waals surface area contributed by atoms with Crippen molar-refractivity contribution in [2.45, 2.75) is 19.9 Å². The molecule has 0 radical (unpaired) electrons. The van der Waals surface area contributed by atoms with Gasteiger partial charge in [0, 0.05) is 6.07 Å². The summed E-state index contributed by atoms with van der Waals surface area (Å²) in [7, 11) is 0. The summed E-state index contributed by atoms with van der Waals surface area (Å²) in [5.74, 6) is 1.32. The number of rotatable bonds is 1. The molecule has 0 amide bonds. The maximum Gasteiger partial charge on any atom is 0.143 e. The second-order valence-electron chi connectivity index (χ2n) is 4.13. The third-order valence-corrected chi connectivity index (χ3v) is 2.67. The first-order chi connectivity index (χ1) is 7.20. The molecule has 1 heterocycles. The quantitative estimate of drug-likeness (QED) is 0.760. The molecule has 0 aliphatic carbocycles. The summed E-state index contributed by atoms with van der Waals surface area (Å²) in [4.78, 5) is 0. The lowest BCUT2D eigenvalue weighted by Crippen LogP contribution is -2.35. The van der Waals surface area contributed by atoms with E-state index in [9.17, 15) is 0 Å². The van der Waals surface area contributed by atoms with Crippen molar-refractivity contribution < 1.29 is 4.74 Å². The van der Waals surface area contributed by atoms with Gasteiger partial charge in [0.2, 0.25) is 0 Å². The molecule has 1 aliphatic rings. The molecule has 3 nitrogen and oxygen atoms in total. The molecule has 15 heavy (non-hydrogen) atoms. The predicted octanol–water partition coefficient (Wildman–Crippen LogP) is 2.39. The number of benzene rings is 1. The van der Waals surface area contributed by atoms with Crippen molar-refractivity contribution in [2.24, 2.45) is 5.92 Å². The summed E-state index contributed by atoms with van der Waals surface area (Å²) in [6.45, 7) is 4.99. The Morgan fingerprint density at radius 3 is 3.00 bits per heavy atom. The minimum Gasteiger partial charge on any atom is -0.489 e. The maximum absolute atomic E-state index is 8.75. The van der Waals surface area contributed by atoms with E-state index in [1.54, 1.807) is 12.1 Å². The van der Waals surface area contributed by atoms with E-state index in [0.29, 0.717) is 24.1 Å². The molecular weight excluding hydrogens is 188 g/mol. The van der Waals surface area contributed by atoms with Gasteiger partial charge >= 0.3 is 0 Å². The topological polar surface area (TPSA) is 45.0 Å². The highest BCUT2D eigenvalue weighted by molar-refractivity contribution is 5.61. The highest BCUT2D eigenvalue weighted by atomic mass is 16.5. The Hall–Kier alpha value is -1.69. The molecule has 1 aliphatic heterocycles. The summed E-state index contributed by atoms with van der Waals surface area (Å²) in [5, 5.41) is 12.2. The van der Waals surface area contributed by atoms with Crippen LogP contribution in [0.5, 0.6) is 5.75 Å². The van der Waals surface area contributed by atoms with Crippen LogP contribution in [0.3, 0.4) is 0 Å². The third-order valence-electron chi connectivity index (χ3n) is 2.67. The largest absolute Gasteiger partial charge is 0.489 e. The van der Waals surface area contributed by atoms with Crippen LogP contribution in [-0.2, 0) is 0 Å². The van der Waals surface area contributed by atoms with Gasteiger partial charge in [-0.25, -0.2) is 0 Å². The molecule has 2 rings (SSSR count). The monoisotopic (exact) mass is 202 g/mol. The van der Waals surface area contributed by atoms with Crippen molar-refractivity contribution in [1.29, 1.82) is 5.26 Å². The number of ether oxygens (including phenoxy) is 1. The van der Waals surface area contributed by atoms with Gasteiger partial charge in [0.25, 0.3) is 0 Å². The van der Waals surface area contributed by atoms with Gasteiger partial charge in [-0.2, -0.15) is 5.26 Å². The molecule has 0 saturated carbocycles. The number of nitriles is 1. The van der Waals surface area contributed by atoms with Crippen LogP contribution in [0.15, 0.2) is 18.2 Å². The first-order valence-electron chi connectivity index (χ1n) is 5.14. The Balaban J connectivity index is 2.25. The van der Waals surface area contributed by atoms with E-state index in [-0.39, 0.29) is 0 Å². The van der Waals surface area contributed by atoms with Crippen molar-refractivity contribution in [3.8, 4) is 11.8 Å². The zero-order valence-corrected chi connectivity index (χ0v) is 8.95. The lowest BCUT2D eigenvalue weighted by Gasteiger charge is -2.30. The molecule has 1 unspecified atom stereocenters. The highest BCUT2D eigenvalue weighted by Gasteiger charge is 2.21. The van der Waals surface area contributed by atoms with Gasteiger partial charge in [-0.3, -0.25) is 0 Å². The molecular formula is C12H14N2O. The molecule has 0 aromatic heterocycles. The van der Waals surface area contributed by atoms with Gasteiger partial charge in [-0.15, -0.1) is 0 Å². The summed E-state index contributed by atoms with van der Waals surface area (Å²) in [5.41, 5.74) is 1.62. The molecule has 3 heteroatoms. The van der Waals surface area contributed by atoms with Gasteiger partial charge in [0.15, 0.2) is 0 Å². The van der Waals surface area contributed by atoms with Gasteiger partial charge in [-0.05, 0) is 18.1 Å². The SMILES string of the molecule is CC(C)C1COc2cc(C#N)ccc2N1. The van der Waals surface area contributed by atoms with Crippen molar-refractivity contribution in [2.75, 3.05) is 11.9 Å². The van der Waals surface area contributed by atoms with Crippen molar-refractivity contribution >= 4 is 5.69 Å². The average molecular weight is 202 g/mol. The molecule has 78 valence electrons. The fraction of sp³-hybridized carbons (Fsp3) is 0.417. The summed E-state index contributed by atoms with van der Waals surface area (Å²) in [6.07, 6.45) is 0. The Morgan fingerprint density at radius 1 is 1.53 bits per heavy atom. The molecule has 1 atom stereocenters. The van der Waals surface area contributed by atoms with E-state index in [1.165, 1.54) is 0 Å². The van der Waals surface area contributed by atoms with E-state index in [4.69, 9.17) is 10.00 Å². The summed E-state index contributed by atoms with van der Waals surface area (Å²) < 4.78 is 5.63. The molecule has 1 aromatic rings. The lowest BCUT2D eigenvalue weighted by molar-refractivity contribution is 0.257. The minimum atomic E-state index is 0.352. The number of nitrogens with zero attached hydrogens (tertiary/aromatic N) is 1. The second-order valence-corrected chi connectivity index (χ2v) is 4.13. The third kappa shape index (κ3) is 1.89. The van der Waals surface area contributed by atoms with Crippen LogP contribution < -0.4 is 10.1 Å². The van der Waals surface area contributed by atoms with Gasteiger partial charge in [-0.1, -0.05) is 13.8 Å². The normalized spacial score (nSPS) is 18.7. The second kappa shape index (κ2) is 3.82. The minimum absolute atomic E-state index is 0.352. The van der Waals surface area contributed by atoms with Crippen LogP contribution in [0, 0.1) is 17.2 Å². The van der Waals surface area contributed by atoms with Gasteiger partial charge in [0.05, 0.1) is 23.4 Å². The Morgan fingerprint density at radius 2 is 2.33 bits per heavy atom. The van der Waals surface area contributed by atoms with Crippen LogP contribution in [0.4, 0.5) is 5.69 Å². The molecule has 1 aromatic carbocycles. The Bertz CT molecular complexity index is 407. The summed E-state index contributed by atoms with van der Waals surface area (Å²) >= 11 is 0. The average Bonchev–Trinajstić information content (AvgIpc) is 2.27. The van der Waals surface area contributed by atoms with Crippen molar-refractivity contribution in [3.63, 3.8) is 0 Å². The summed E-state index contributed by atoms with van der Waals surface area (Å²) in [6, 6.07) is 7.94. The first-order valence-corrected chi connectivity index (χ1v) is 5.14. The molecule has 0 bridgehead atoms. The first kappa shape index (κ1) is 9.85. The fourth-order valence-electron chi connectivity index (χ4n) is 1.61. The number of anilines is 1. The number of hydrogen-bond acceptors (Lipinski definition) is 3. The van der Waals surface area contributed by atoms with E-state index in [0.717, 1.165) is 11.4 Å². The highest BCUT2D eigenvalue weighted by Crippen LogP contribution is 2.31. The molecule has 0 fully saturated rings. The lowest BCUT2D eigenvalue weighted by atomic mass is 10.0. The van der Waals surface area contributed by atoms with E-state index in [2.05, 4.69) is 25.2 Å². The van der Waals surface area contributed by atoms with Gasteiger partial charge < -0.3 is 10.1 Å². The standard InChI is InChI=1S/C12H14N2O/c1-8(2)11-7-15-12-5-9(6-13)3-4-10(12)14-11/h3-5,8,11,14H,7H2,1-2H3. The number of hydrogen-bond donors (Lipinski definition) is 1. The van der Waals surface area contributed by atoms with E-state index >= 15 is 0 Å². The van der Waals surface area contributed by atoms with Crippen LogP contribution >= 0.6 is 0 Å². The predicted molar refractivity (Wildman–Crippen MR) is 58.9 cm³/mol.